The summed E-state index contributed by atoms with van der Waals surface area (Å²) in [5.41, 5.74) is 10.8. The highest BCUT2D eigenvalue weighted by atomic mass is 35.5. The Bertz CT molecular complexity index is 824. The third-order valence-electron chi connectivity index (χ3n) is 3.52. The fourth-order valence-electron chi connectivity index (χ4n) is 2.36. The van der Waals surface area contributed by atoms with E-state index in [4.69, 9.17) is 17.3 Å². The molecule has 0 bridgehead atoms. The fraction of sp³-hybridized carbons (Fsp3) is 0.200. The van der Waals surface area contributed by atoms with E-state index in [0.717, 1.165) is 21.3 Å². The monoisotopic (exact) mass is 303 g/mol. The van der Waals surface area contributed by atoms with Gasteiger partial charge in [0.1, 0.15) is 10.6 Å². The van der Waals surface area contributed by atoms with Gasteiger partial charge in [0.25, 0.3) is 0 Å². The SMILES string of the molecule is Cc1ccc(-c2c(C)sc3nc(Cl)nc(N)c23)cc1C. The quantitative estimate of drug-likeness (QED) is 0.672. The minimum Gasteiger partial charge on any atom is -0.383 e. The second-order valence-electron chi connectivity index (χ2n) is 4.89. The third kappa shape index (κ3) is 2.05. The summed E-state index contributed by atoms with van der Waals surface area (Å²) in [4.78, 5) is 10.4. The largest absolute Gasteiger partial charge is 0.383 e. The molecular formula is C15H14ClN3S. The Hall–Kier alpha value is -1.65. The van der Waals surface area contributed by atoms with E-state index < -0.39 is 0 Å². The van der Waals surface area contributed by atoms with Gasteiger partial charge in [-0.15, -0.1) is 11.3 Å². The van der Waals surface area contributed by atoms with Gasteiger partial charge in [-0.2, -0.15) is 0 Å². The predicted molar refractivity (Wildman–Crippen MR) is 86.5 cm³/mol. The van der Waals surface area contributed by atoms with Crippen LogP contribution < -0.4 is 5.73 Å². The molecule has 0 atom stereocenters. The molecule has 5 heteroatoms. The average molecular weight is 304 g/mol. The second-order valence-corrected chi connectivity index (χ2v) is 6.43. The van der Waals surface area contributed by atoms with Crippen molar-refractivity contribution >= 4 is 39.0 Å². The molecule has 102 valence electrons. The van der Waals surface area contributed by atoms with Crippen molar-refractivity contribution in [2.24, 2.45) is 0 Å². The van der Waals surface area contributed by atoms with Crippen LogP contribution >= 0.6 is 22.9 Å². The molecule has 2 aromatic heterocycles. The van der Waals surface area contributed by atoms with E-state index in [1.165, 1.54) is 16.0 Å². The van der Waals surface area contributed by atoms with Crippen LogP contribution in [0.3, 0.4) is 0 Å². The number of hydrogen-bond acceptors (Lipinski definition) is 4. The van der Waals surface area contributed by atoms with Crippen LogP contribution in [0.5, 0.6) is 0 Å². The van der Waals surface area contributed by atoms with E-state index in [1.807, 2.05) is 0 Å². The predicted octanol–water partition coefficient (Wildman–Crippen LogP) is 4.52. The minimum atomic E-state index is 0.197. The van der Waals surface area contributed by atoms with Gasteiger partial charge in [-0.25, -0.2) is 9.97 Å². The molecular weight excluding hydrogens is 290 g/mol. The average Bonchev–Trinajstić information content (AvgIpc) is 2.69. The molecule has 3 nitrogen and oxygen atoms in total. The zero-order valence-corrected chi connectivity index (χ0v) is 13.1. The molecule has 3 rings (SSSR count). The van der Waals surface area contributed by atoms with Crippen molar-refractivity contribution in [2.45, 2.75) is 20.8 Å². The van der Waals surface area contributed by atoms with Crippen LogP contribution in [0.25, 0.3) is 21.3 Å². The summed E-state index contributed by atoms with van der Waals surface area (Å²) >= 11 is 7.48. The van der Waals surface area contributed by atoms with Crippen LogP contribution in [0.1, 0.15) is 16.0 Å². The van der Waals surface area contributed by atoms with Crippen LogP contribution in [0.4, 0.5) is 5.82 Å². The summed E-state index contributed by atoms with van der Waals surface area (Å²) in [6.45, 7) is 6.29. The number of aromatic nitrogens is 2. The molecule has 0 aliphatic rings. The lowest BCUT2D eigenvalue weighted by Gasteiger charge is -2.07. The number of benzene rings is 1. The maximum Gasteiger partial charge on any atom is 0.225 e. The molecule has 0 aliphatic heterocycles. The van der Waals surface area contributed by atoms with Gasteiger partial charge in [0.15, 0.2) is 0 Å². The Morgan fingerprint density at radius 3 is 2.55 bits per heavy atom. The topological polar surface area (TPSA) is 51.8 Å². The van der Waals surface area contributed by atoms with Crippen molar-refractivity contribution in [3.63, 3.8) is 0 Å². The second kappa shape index (κ2) is 4.72. The maximum absolute atomic E-state index is 6.05. The number of aryl methyl sites for hydroxylation is 3. The number of thiophene rings is 1. The smallest absolute Gasteiger partial charge is 0.225 e. The van der Waals surface area contributed by atoms with Crippen LogP contribution in [0, 0.1) is 20.8 Å². The van der Waals surface area contributed by atoms with Gasteiger partial charge in [-0.1, -0.05) is 18.2 Å². The Kier molecular flexibility index (Phi) is 3.15. The number of nitrogens with zero attached hydrogens (tertiary/aromatic N) is 2. The van der Waals surface area contributed by atoms with Crippen molar-refractivity contribution in [3.8, 4) is 11.1 Å². The van der Waals surface area contributed by atoms with Crippen LogP contribution in [-0.2, 0) is 0 Å². The Morgan fingerprint density at radius 1 is 1.10 bits per heavy atom. The van der Waals surface area contributed by atoms with E-state index in [1.54, 1.807) is 11.3 Å². The number of nitrogens with two attached hydrogens (primary N) is 1. The number of hydrogen-bond donors (Lipinski definition) is 1. The first kappa shape index (κ1) is 13.3. The maximum atomic E-state index is 6.05. The van der Waals surface area contributed by atoms with Crippen LogP contribution in [-0.4, -0.2) is 9.97 Å². The van der Waals surface area contributed by atoms with E-state index in [2.05, 4.69) is 48.9 Å². The van der Waals surface area contributed by atoms with E-state index >= 15 is 0 Å². The molecule has 20 heavy (non-hydrogen) atoms. The summed E-state index contributed by atoms with van der Waals surface area (Å²) in [6, 6.07) is 6.42. The Labute approximate surface area is 126 Å². The van der Waals surface area contributed by atoms with Gasteiger partial charge in [-0.05, 0) is 49.1 Å². The van der Waals surface area contributed by atoms with Crippen molar-refractivity contribution in [2.75, 3.05) is 5.73 Å². The summed E-state index contributed by atoms with van der Waals surface area (Å²) in [5.74, 6) is 0.442. The molecule has 1 aromatic carbocycles. The summed E-state index contributed by atoms with van der Waals surface area (Å²) < 4.78 is 0. The highest BCUT2D eigenvalue weighted by molar-refractivity contribution is 7.19. The van der Waals surface area contributed by atoms with E-state index in [9.17, 15) is 0 Å². The number of rotatable bonds is 1. The number of fused-ring (bicyclic) bond motifs is 1. The minimum absolute atomic E-state index is 0.197. The molecule has 0 unspecified atom stereocenters. The molecule has 0 saturated carbocycles. The molecule has 0 fully saturated rings. The lowest BCUT2D eigenvalue weighted by Crippen LogP contribution is -1.94. The standard InChI is InChI=1S/C15H14ClN3S/c1-7-4-5-10(6-8(7)2)11-9(3)20-14-12(11)13(17)18-15(16)19-14/h4-6H,1-3H3,(H2,17,18,19). The van der Waals surface area contributed by atoms with Gasteiger partial charge in [0, 0.05) is 10.4 Å². The first-order valence-electron chi connectivity index (χ1n) is 6.27. The lowest BCUT2D eigenvalue weighted by atomic mass is 9.99. The Morgan fingerprint density at radius 2 is 1.85 bits per heavy atom. The molecule has 3 aromatic rings. The molecule has 0 spiro atoms. The fourth-order valence-corrected chi connectivity index (χ4v) is 3.63. The highest BCUT2D eigenvalue weighted by Gasteiger charge is 2.16. The van der Waals surface area contributed by atoms with Gasteiger partial charge < -0.3 is 5.73 Å². The molecule has 2 N–H and O–H groups in total. The van der Waals surface area contributed by atoms with Crippen molar-refractivity contribution in [3.05, 3.63) is 39.5 Å². The van der Waals surface area contributed by atoms with Gasteiger partial charge >= 0.3 is 0 Å². The van der Waals surface area contributed by atoms with Crippen LogP contribution in [0.15, 0.2) is 18.2 Å². The van der Waals surface area contributed by atoms with Gasteiger partial charge in [0.05, 0.1) is 5.39 Å². The number of nitrogen functional groups attached to an aromatic ring is 1. The molecule has 2 heterocycles. The zero-order valence-electron chi connectivity index (χ0n) is 11.5. The normalized spacial score (nSPS) is 11.2. The molecule has 0 amide bonds. The highest BCUT2D eigenvalue weighted by Crippen LogP contribution is 2.40. The first-order chi connectivity index (χ1) is 9.47. The van der Waals surface area contributed by atoms with E-state index in [-0.39, 0.29) is 5.28 Å². The molecule has 0 saturated heterocycles. The molecule has 0 radical (unpaired) electrons. The summed E-state index contributed by atoms with van der Waals surface area (Å²) in [5, 5.41) is 1.10. The number of halogens is 1. The first-order valence-corrected chi connectivity index (χ1v) is 7.46. The van der Waals surface area contributed by atoms with Gasteiger partial charge in [-0.3, -0.25) is 0 Å². The zero-order chi connectivity index (χ0) is 14.4. The van der Waals surface area contributed by atoms with Crippen molar-refractivity contribution < 1.29 is 0 Å². The molecule has 0 aliphatic carbocycles. The number of anilines is 1. The summed E-state index contributed by atoms with van der Waals surface area (Å²) in [7, 11) is 0. The lowest BCUT2D eigenvalue weighted by molar-refractivity contribution is 1.24. The van der Waals surface area contributed by atoms with Gasteiger partial charge in [0.2, 0.25) is 5.28 Å². The van der Waals surface area contributed by atoms with Crippen molar-refractivity contribution in [1.29, 1.82) is 0 Å². The summed E-state index contributed by atoms with van der Waals surface area (Å²) in [6.07, 6.45) is 0. The van der Waals surface area contributed by atoms with E-state index in [0.29, 0.717) is 5.82 Å². The van der Waals surface area contributed by atoms with Crippen molar-refractivity contribution in [1.82, 2.24) is 9.97 Å². The third-order valence-corrected chi connectivity index (χ3v) is 4.69. The Balaban J connectivity index is 2.35. The van der Waals surface area contributed by atoms with Crippen LogP contribution in [0.2, 0.25) is 5.28 Å².